The first-order valence-corrected chi connectivity index (χ1v) is 4.89. The van der Waals surface area contributed by atoms with Gasteiger partial charge in [-0.15, -0.1) is 6.58 Å². The minimum atomic E-state index is 0.889. The van der Waals surface area contributed by atoms with Gasteiger partial charge in [0.2, 0.25) is 0 Å². The fourth-order valence-corrected chi connectivity index (χ4v) is 1.35. The Hall–Kier alpha value is -0.510. The molecule has 0 spiro atoms. The van der Waals surface area contributed by atoms with Crippen LogP contribution in [-0.4, -0.2) is 13.6 Å². The number of anilines is 1. The second-order valence-electron chi connectivity index (χ2n) is 2.65. The van der Waals surface area contributed by atoms with E-state index < -0.39 is 0 Å². The van der Waals surface area contributed by atoms with Gasteiger partial charge >= 0.3 is 0 Å². The summed E-state index contributed by atoms with van der Waals surface area (Å²) in [7, 11) is 2.06. The molecule has 0 saturated heterocycles. The van der Waals surface area contributed by atoms with Gasteiger partial charge in [0, 0.05) is 22.8 Å². The zero-order valence-corrected chi connectivity index (χ0v) is 9.28. The zero-order chi connectivity index (χ0) is 8.97. The van der Waals surface area contributed by atoms with E-state index in [0.717, 1.165) is 6.54 Å². The lowest BCUT2D eigenvalue weighted by atomic mass is 10.3. The van der Waals surface area contributed by atoms with Crippen molar-refractivity contribution in [1.29, 1.82) is 0 Å². The molecule has 1 rings (SSSR count). The van der Waals surface area contributed by atoms with Crippen LogP contribution in [0.1, 0.15) is 0 Å². The Morgan fingerprint density at radius 1 is 1.42 bits per heavy atom. The zero-order valence-electron chi connectivity index (χ0n) is 7.13. The summed E-state index contributed by atoms with van der Waals surface area (Å²) in [6.07, 6.45) is 1.90. The van der Waals surface area contributed by atoms with Gasteiger partial charge in [-0.2, -0.15) is 0 Å². The van der Waals surface area contributed by atoms with Crippen molar-refractivity contribution >= 4 is 28.3 Å². The van der Waals surface area contributed by atoms with E-state index >= 15 is 0 Å². The summed E-state index contributed by atoms with van der Waals surface area (Å²) in [6.45, 7) is 4.59. The van der Waals surface area contributed by atoms with E-state index in [9.17, 15) is 0 Å². The largest absolute Gasteiger partial charge is 0.371 e. The van der Waals surface area contributed by atoms with Crippen molar-refractivity contribution in [3.8, 4) is 0 Å². The highest BCUT2D eigenvalue weighted by Crippen LogP contribution is 2.14. The van der Waals surface area contributed by atoms with Crippen LogP contribution in [0.15, 0.2) is 36.9 Å². The lowest BCUT2D eigenvalue weighted by Gasteiger charge is -2.16. The molecule has 0 N–H and O–H groups in total. The Morgan fingerprint density at radius 3 is 2.50 bits per heavy atom. The number of hydrogen-bond donors (Lipinski definition) is 0. The maximum Gasteiger partial charge on any atom is 0.0367 e. The van der Waals surface area contributed by atoms with Crippen LogP contribution in [0.25, 0.3) is 0 Å². The highest BCUT2D eigenvalue weighted by atomic mass is 127. The second-order valence-corrected chi connectivity index (χ2v) is 3.89. The van der Waals surface area contributed by atoms with E-state index in [1.165, 1.54) is 9.26 Å². The Bertz CT molecular complexity index is 253. The molecular formula is C10H12IN. The molecule has 12 heavy (non-hydrogen) atoms. The van der Waals surface area contributed by atoms with E-state index in [0.29, 0.717) is 0 Å². The molecule has 2 heteroatoms. The molecule has 0 aliphatic rings. The Balaban J connectivity index is 2.74. The number of halogens is 1. The van der Waals surface area contributed by atoms with Gasteiger partial charge in [0.25, 0.3) is 0 Å². The molecule has 0 saturated carbocycles. The number of nitrogens with zero attached hydrogens (tertiary/aromatic N) is 1. The summed E-state index contributed by atoms with van der Waals surface area (Å²) >= 11 is 2.30. The van der Waals surface area contributed by atoms with Crippen molar-refractivity contribution in [1.82, 2.24) is 0 Å². The molecule has 0 heterocycles. The fourth-order valence-electron chi connectivity index (χ4n) is 0.995. The summed E-state index contributed by atoms with van der Waals surface area (Å²) in [6, 6.07) is 8.45. The molecule has 0 aliphatic carbocycles. The van der Waals surface area contributed by atoms with Crippen molar-refractivity contribution in [3.05, 3.63) is 40.5 Å². The van der Waals surface area contributed by atoms with E-state index in [1.807, 2.05) is 6.08 Å². The molecule has 1 aromatic carbocycles. The van der Waals surface area contributed by atoms with E-state index in [2.05, 4.69) is 65.4 Å². The lowest BCUT2D eigenvalue weighted by molar-refractivity contribution is 1.03. The molecule has 0 aliphatic heterocycles. The van der Waals surface area contributed by atoms with Crippen molar-refractivity contribution < 1.29 is 0 Å². The van der Waals surface area contributed by atoms with Crippen molar-refractivity contribution in [3.63, 3.8) is 0 Å². The minimum absolute atomic E-state index is 0.889. The molecule has 0 fully saturated rings. The quantitative estimate of drug-likeness (QED) is 0.604. The summed E-state index contributed by atoms with van der Waals surface area (Å²) in [4.78, 5) is 2.16. The first kappa shape index (κ1) is 9.58. The van der Waals surface area contributed by atoms with Crippen LogP contribution in [-0.2, 0) is 0 Å². The van der Waals surface area contributed by atoms with Crippen molar-refractivity contribution in [2.45, 2.75) is 0 Å². The van der Waals surface area contributed by atoms with Crippen LogP contribution in [0.3, 0.4) is 0 Å². The standard InChI is InChI=1S/C10H12IN/c1-3-8-12(2)10-6-4-9(11)5-7-10/h3-7H,1,8H2,2H3. The Labute approximate surface area is 87.2 Å². The number of benzene rings is 1. The normalized spacial score (nSPS) is 9.50. The molecule has 1 nitrogen and oxygen atoms in total. The van der Waals surface area contributed by atoms with Crippen LogP contribution in [0.2, 0.25) is 0 Å². The highest BCUT2D eigenvalue weighted by Gasteiger charge is 1.96. The predicted octanol–water partition coefficient (Wildman–Crippen LogP) is 2.91. The van der Waals surface area contributed by atoms with Gasteiger partial charge in [-0.25, -0.2) is 0 Å². The summed E-state index contributed by atoms with van der Waals surface area (Å²) in [5.74, 6) is 0. The first-order valence-electron chi connectivity index (χ1n) is 3.81. The molecule has 0 radical (unpaired) electrons. The van der Waals surface area contributed by atoms with Gasteiger partial charge in [0.05, 0.1) is 0 Å². The monoisotopic (exact) mass is 273 g/mol. The van der Waals surface area contributed by atoms with E-state index in [1.54, 1.807) is 0 Å². The summed E-state index contributed by atoms with van der Waals surface area (Å²) in [5, 5.41) is 0. The van der Waals surface area contributed by atoms with Gasteiger partial charge in [0.1, 0.15) is 0 Å². The van der Waals surface area contributed by atoms with Gasteiger partial charge in [-0.05, 0) is 46.9 Å². The van der Waals surface area contributed by atoms with Crippen molar-refractivity contribution in [2.75, 3.05) is 18.5 Å². The topological polar surface area (TPSA) is 3.24 Å². The molecule has 0 atom stereocenters. The lowest BCUT2D eigenvalue weighted by Crippen LogP contribution is -2.16. The number of likely N-dealkylation sites (N-methyl/N-ethyl adjacent to an activating group) is 1. The third-order valence-electron chi connectivity index (χ3n) is 1.67. The van der Waals surface area contributed by atoms with Crippen molar-refractivity contribution in [2.24, 2.45) is 0 Å². The van der Waals surface area contributed by atoms with E-state index in [4.69, 9.17) is 0 Å². The third kappa shape index (κ3) is 2.52. The van der Waals surface area contributed by atoms with Gasteiger partial charge < -0.3 is 4.90 Å². The average molecular weight is 273 g/mol. The number of hydrogen-bond acceptors (Lipinski definition) is 1. The Morgan fingerprint density at radius 2 is 2.00 bits per heavy atom. The maximum absolute atomic E-state index is 3.70. The number of rotatable bonds is 3. The maximum atomic E-state index is 3.70. The molecule has 0 unspecified atom stereocenters. The van der Waals surface area contributed by atoms with Crippen LogP contribution in [0, 0.1) is 3.57 Å². The highest BCUT2D eigenvalue weighted by molar-refractivity contribution is 14.1. The SMILES string of the molecule is C=CCN(C)c1ccc(I)cc1. The second kappa shape index (κ2) is 4.50. The fraction of sp³-hybridized carbons (Fsp3) is 0.200. The smallest absolute Gasteiger partial charge is 0.0367 e. The summed E-state index contributed by atoms with van der Waals surface area (Å²) < 4.78 is 1.27. The van der Waals surface area contributed by atoms with Crippen LogP contribution in [0.4, 0.5) is 5.69 Å². The van der Waals surface area contributed by atoms with Crippen LogP contribution in [0.5, 0.6) is 0 Å². The molecule has 1 aromatic rings. The van der Waals surface area contributed by atoms with Crippen LogP contribution < -0.4 is 4.90 Å². The van der Waals surface area contributed by atoms with Crippen LogP contribution >= 0.6 is 22.6 Å². The molecule has 0 aromatic heterocycles. The minimum Gasteiger partial charge on any atom is -0.371 e. The average Bonchev–Trinajstić information content (AvgIpc) is 2.06. The molecule has 0 bridgehead atoms. The van der Waals surface area contributed by atoms with E-state index in [-0.39, 0.29) is 0 Å². The first-order chi connectivity index (χ1) is 5.74. The van der Waals surface area contributed by atoms with Gasteiger partial charge in [-0.3, -0.25) is 0 Å². The molecule has 64 valence electrons. The predicted molar refractivity (Wildman–Crippen MR) is 62.6 cm³/mol. The third-order valence-corrected chi connectivity index (χ3v) is 2.39. The summed E-state index contributed by atoms with van der Waals surface area (Å²) in [5.41, 5.74) is 1.23. The van der Waals surface area contributed by atoms with Gasteiger partial charge in [0.15, 0.2) is 0 Å². The Kier molecular flexibility index (Phi) is 3.59. The van der Waals surface area contributed by atoms with Gasteiger partial charge in [-0.1, -0.05) is 6.08 Å². The molecule has 0 amide bonds. The molecular weight excluding hydrogens is 261 g/mol.